The Hall–Kier alpha value is -1.52. The zero-order valence-corrected chi connectivity index (χ0v) is 10.7. The summed E-state index contributed by atoms with van der Waals surface area (Å²) in [6.45, 7) is 1.57. The lowest BCUT2D eigenvalue weighted by atomic mass is 10.0. The molecule has 1 amide bonds. The smallest absolute Gasteiger partial charge is 0.237 e. The summed E-state index contributed by atoms with van der Waals surface area (Å²) >= 11 is 0. The number of hydrogen-bond acceptors (Lipinski definition) is 2. The van der Waals surface area contributed by atoms with Gasteiger partial charge in [0.05, 0.1) is 6.04 Å². The number of amides is 1. The van der Waals surface area contributed by atoms with E-state index >= 15 is 0 Å². The summed E-state index contributed by atoms with van der Waals surface area (Å²) in [5.74, 6) is 0.0986. The Balaban J connectivity index is 0.00000120. The molecule has 3 N–H and O–H groups in total. The lowest BCUT2D eigenvalue weighted by Crippen LogP contribution is -2.53. The van der Waals surface area contributed by atoms with Gasteiger partial charge in [-0.25, -0.2) is 0 Å². The molecule has 2 heterocycles. The number of fused-ring (bicyclic) bond motifs is 1. The van der Waals surface area contributed by atoms with E-state index in [1.54, 1.807) is 0 Å². The Morgan fingerprint density at radius 1 is 1.22 bits per heavy atom. The molecule has 96 valence electrons. The van der Waals surface area contributed by atoms with E-state index in [2.05, 4.69) is 21.7 Å². The van der Waals surface area contributed by atoms with Crippen molar-refractivity contribution in [2.45, 2.75) is 12.5 Å². The van der Waals surface area contributed by atoms with Gasteiger partial charge in [-0.15, -0.1) is 12.4 Å². The van der Waals surface area contributed by atoms with Crippen LogP contribution in [-0.4, -0.2) is 30.0 Å². The molecule has 1 aliphatic heterocycles. The summed E-state index contributed by atoms with van der Waals surface area (Å²) in [5, 5.41) is 7.33. The van der Waals surface area contributed by atoms with Crippen LogP contribution in [0.4, 0.5) is 0 Å². The third-order valence-corrected chi connectivity index (χ3v) is 3.23. The number of hydrogen-bond donors (Lipinski definition) is 3. The van der Waals surface area contributed by atoms with E-state index in [1.165, 1.54) is 10.9 Å². The number of aromatic amines is 1. The number of piperazine rings is 1. The van der Waals surface area contributed by atoms with Gasteiger partial charge in [-0.1, -0.05) is 18.2 Å². The molecule has 1 aromatic carbocycles. The maximum Gasteiger partial charge on any atom is 0.237 e. The number of carbonyl (C=O) groups is 1. The Morgan fingerprint density at radius 2 is 2.06 bits per heavy atom. The van der Waals surface area contributed by atoms with Crippen LogP contribution in [0.1, 0.15) is 5.56 Å². The van der Waals surface area contributed by atoms with Gasteiger partial charge in [-0.3, -0.25) is 4.79 Å². The van der Waals surface area contributed by atoms with E-state index in [0.29, 0.717) is 0 Å². The summed E-state index contributed by atoms with van der Waals surface area (Å²) < 4.78 is 0. The zero-order valence-electron chi connectivity index (χ0n) is 9.90. The minimum atomic E-state index is -0.108. The van der Waals surface area contributed by atoms with E-state index in [9.17, 15) is 4.79 Å². The fraction of sp³-hybridized carbons (Fsp3) is 0.308. The second-order valence-electron chi connectivity index (χ2n) is 4.36. The van der Waals surface area contributed by atoms with Crippen LogP contribution in [0, 0.1) is 0 Å². The molecule has 0 aliphatic carbocycles. The van der Waals surface area contributed by atoms with Crippen molar-refractivity contribution in [1.82, 2.24) is 15.6 Å². The summed E-state index contributed by atoms with van der Waals surface area (Å²) in [4.78, 5) is 14.9. The van der Waals surface area contributed by atoms with Crippen molar-refractivity contribution in [3.05, 3.63) is 36.0 Å². The largest absolute Gasteiger partial charge is 0.361 e. The predicted octanol–water partition coefficient (Wildman–Crippen LogP) is 1.22. The Labute approximate surface area is 112 Å². The predicted molar refractivity (Wildman–Crippen MR) is 74.1 cm³/mol. The van der Waals surface area contributed by atoms with Crippen molar-refractivity contribution < 1.29 is 4.79 Å². The first kappa shape index (κ1) is 12.9. The number of rotatable bonds is 2. The molecule has 2 aromatic rings. The normalized spacial score (nSPS) is 19.3. The quantitative estimate of drug-likeness (QED) is 0.765. The summed E-state index contributed by atoms with van der Waals surface area (Å²) in [5.41, 5.74) is 2.31. The third-order valence-electron chi connectivity index (χ3n) is 3.23. The highest BCUT2D eigenvalue weighted by Crippen LogP contribution is 2.19. The molecule has 0 bridgehead atoms. The first-order valence-corrected chi connectivity index (χ1v) is 5.91. The second kappa shape index (κ2) is 5.42. The molecule has 1 aliphatic rings. The number of carbonyl (C=O) groups excluding carboxylic acids is 1. The van der Waals surface area contributed by atoms with Gasteiger partial charge in [0.15, 0.2) is 0 Å². The number of aromatic nitrogens is 1. The molecular formula is C13H16ClN3O. The van der Waals surface area contributed by atoms with Crippen LogP contribution < -0.4 is 10.6 Å². The molecule has 5 heteroatoms. The van der Waals surface area contributed by atoms with Crippen LogP contribution in [0.25, 0.3) is 10.9 Å². The highest BCUT2D eigenvalue weighted by Gasteiger charge is 2.22. The number of nitrogens with one attached hydrogen (secondary N) is 3. The van der Waals surface area contributed by atoms with Crippen LogP contribution in [-0.2, 0) is 11.2 Å². The Morgan fingerprint density at radius 3 is 2.89 bits per heavy atom. The Kier molecular flexibility index (Phi) is 3.89. The number of benzene rings is 1. The molecule has 0 spiro atoms. The van der Waals surface area contributed by atoms with Crippen molar-refractivity contribution in [3.8, 4) is 0 Å². The summed E-state index contributed by atoms with van der Waals surface area (Å²) in [7, 11) is 0. The first-order chi connectivity index (χ1) is 8.34. The maximum atomic E-state index is 11.7. The Bertz CT molecular complexity index is 552. The highest BCUT2D eigenvalue weighted by molar-refractivity contribution is 5.86. The average Bonchev–Trinajstić information content (AvgIpc) is 2.76. The summed E-state index contributed by atoms with van der Waals surface area (Å²) in [6.07, 6.45) is 2.73. The molecule has 1 saturated heterocycles. The van der Waals surface area contributed by atoms with Crippen LogP contribution >= 0.6 is 12.4 Å². The van der Waals surface area contributed by atoms with Gasteiger partial charge in [0.25, 0.3) is 0 Å². The van der Waals surface area contributed by atoms with Gasteiger partial charge in [0.1, 0.15) is 0 Å². The topological polar surface area (TPSA) is 56.9 Å². The van der Waals surface area contributed by atoms with Gasteiger partial charge < -0.3 is 15.6 Å². The van der Waals surface area contributed by atoms with Crippen LogP contribution in [0.3, 0.4) is 0 Å². The minimum Gasteiger partial charge on any atom is -0.361 e. The fourth-order valence-electron chi connectivity index (χ4n) is 2.33. The van der Waals surface area contributed by atoms with Gasteiger partial charge in [-0.2, -0.15) is 0 Å². The van der Waals surface area contributed by atoms with Gasteiger partial charge >= 0.3 is 0 Å². The van der Waals surface area contributed by atoms with Crippen molar-refractivity contribution in [2.75, 3.05) is 13.1 Å². The molecule has 18 heavy (non-hydrogen) atoms. The second-order valence-corrected chi connectivity index (χ2v) is 4.36. The standard InChI is InChI=1S/C13H15N3O.ClH/c17-13-12(14-5-6-15-13)7-9-8-16-11-4-2-1-3-10(9)11;/h1-4,8,12,14,16H,5-7H2,(H,15,17);1H/t12-;/m0./s1. The zero-order chi connectivity index (χ0) is 11.7. The molecule has 3 rings (SSSR count). The number of H-pyrrole nitrogens is 1. The third kappa shape index (κ3) is 2.35. The maximum absolute atomic E-state index is 11.7. The average molecular weight is 266 g/mol. The van der Waals surface area contributed by atoms with Crippen molar-refractivity contribution in [3.63, 3.8) is 0 Å². The van der Waals surface area contributed by atoms with Crippen LogP contribution in [0.15, 0.2) is 30.5 Å². The lowest BCUT2D eigenvalue weighted by molar-refractivity contribution is -0.124. The number of halogens is 1. The van der Waals surface area contributed by atoms with E-state index in [-0.39, 0.29) is 24.4 Å². The van der Waals surface area contributed by atoms with Crippen molar-refractivity contribution in [2.24, 2.45) is 0 Å². The van der Waals surface area contributed by atoms with Crippen molar-refractivity contribution in [1.29, 1.82) is 0 Å². The SMILES string of the molecule is Cl.O=C1NCCN[C@H]1Cc1c[nH]c2ccccc12. The van der Waals surface area contributed by atoms with Crippen LogP contribution in [0.2, 0.25) is 0 Å². The fourth-order valence-corrected chi connectivity index (χ4v) is 2.33. The van der Waals surface area contributed by atoms with E-state index < -0.39 is 0 Å². The molecule has 0 radical (unpaired) electrons. The molecule has 0 saturated carbocycles. The minimum absolute atomic E-state index is 0. The van der Waals surface area contributed by atoms with Crippen molar-refractivity contribution >= 4 is 29.2 Å². The first-order valence-electron chi connectivity index (χ1n) is 5.91. The van der Waals surface area contributed by atoms with Gasteiger partial charge in [0.2, 0.25) is 5.91 Å². The van der Waals surface area contributed by atoms with Gasteiger partial charge in [-0.05, 0) is 18.1 Å². The van der Waals surface area contributed by atoms with Crippen LogP contribution in [0.5, 0.6) is 0 Å². The van der Waals surface area contributed by atoms with E-state index in [1.807, 2.05) is 24.4 Å². The van der Waals surface area contributed by atoms with E-state index in [0.717, 1.165) is 25.0 Å². The summed E-state index contributed by atoms with van der Waals surface area (Å²) in [6, 6.07) is 8.06. The molecule has 1 fully saturated rings. The molecule has 1 atom stereocenters. The number of para-hydroxylation sites is 1. The molecule has 1 aromatic heterocycles. The lowest BCUT2D eigenvalue weighted by Gasteiger charge is -2.23. The molecule has 0 unspecified atom stereocenters. The molecule has 4 nitrogen and oxygen atoms in total. The highest BCUT2D eigenvalue weighted by atomic mass is 35.5. The van der Waals surface area contributed by atoms with Gasteiger partial charge in [0, 0.05) is 30.2 Å². The van der Waals surface area contributed by atoms with E-state index in [4.69, 9.17) is 0 Å². The monoisotopic (exact) mass is 265 g/mol. The molecular weight excluding hydrogens is 250 g/mol.